The van der Waals surface area contributed by atoms with E-state index in [0.717, 1.165) is 30.8 Å². The molecule has 0 aromatic heterocycles. The van der Waals surface area contributed by atoms with Crippen molar-refractivity contribution in [2.75, 3.05) is 32.7 Å². The number of aryl methyl sites for hydroxylation is 1. The molecule has 0 aliphatic carbocycles. The number of carbonyl (C=O) groups is 3. The van der Waals surface area contributed by atoms with Gasteiger partial charge in [-0.1, -0.05) is 42.0 Å². The summed E-state index contributed by atoms with van der Waals surface area (Å²) in [4.78, 5) is 42.7. The minimum atomic E-state index is -0.425. The molecule has 2 aromatic carbocycles. The highest BCUT2D eigenvalue weighted by Crippen LogP contribution is 2.23. The number of primary amides is 1. The van der Waals surface area contributed by atoms with Crippen LogP contribution in [-0.4, -0.2) is 65.1 Å². The van der Waals surface area contributed by atoms with E-state index in [1.165, 1.54) is 5.56 Å². The van der Waals surface area contributed by atoms with Gasteiger partial charge in [0.05, 0.1) is 5.92 Å². The Bertz CT molecular complexity index is 979. The highest BCUT2D eigenvalue weighted by molar-refractivity contribution is 5.92. The predicted molar refractivity (Wildman–Crippen MR) is 122 cm³/mol. The number of carbonyl (C=O) groups excluding carboxylic acids is 3. The van der Waals surface area contributed by atoms with Crippen molar-refractivity contribution in [3.8, 4) is 0 Å². The molecule has 0 radical (unpaired) electrons. The number of rotatable bonds is 6. The van der Waals surface area contributed by atoms with Crippen molar-refractivity contribution in [2.45, 2.75) is 26.4 Å². The van der Waals surface area contributed by atoms with Crippen LogP contribution >= 0.6 is 0 Å². The molecule has 3 amide bonds. The van der Waals surface area contributed by atoms with Gasteiger partial charge >= 0.3 is 0 Å². The maximum atomic E-state index is 13.0. The van der Waals surface area contributed by atoms with E-state index in [-0.39, 0.29) is 17.7 Å². The smallest absolute Gasteiger partial charge is 0.248 e. The summed E-state index contributed by atoms with van der Waals surface area (Å²) in [5, 5.41) is 0. The Hall–Kier alpha value is -3.19. The molecule has 0 saturated carbocycles. The van der Waals surface area contributed by atoms with Crippen LogP contribution in [0.1, 0.15) is 33.5 Å². The van der Waals surface area contributed by atoms with Crippen LogP contribution in [0.5, 0.6) is 0 Å². The standard InChI is InChI=1S/C25H30N4O3/c1-18-2-4-20(5-3-18)16-29-17-22(14-23(29)30)25(32)28-12-10-27(11-13-28)15-19-6-8-21(9-7-19)24(26)31/h2-9,22H,10-17H2,1H3,(H2,26,31). The number of nitrogens with two attached hydrogens (primary N) is 1. The van der Waals surface area contributed by atoms with Gasteiger partial charge in [-0.3, -0.25) is 19.3 Å². The van der Waals surface area contributed by atoms with Crippen molar-refractivity contribution in [2.24, 2.45) is 11.7 Å². The third-order valence-corrected chi connectivity index (χ3v) is 6.39. The van der Waals surface area contributed by atoms with Gasteiger partial charge in [0.15, 0.2) is 0 Å². The topological polar surface area (TPSA) is 86.9 Å². The summed E-state index contributed by atoms with van der Waals surface area (Å²) in [7, 11) is 0. The fourth-order valence-electron chi connectivity index (χ4n) is 4.42. The van der Waals surface area contributed by atoms with Crippen molar-refractivity contribution in [3.05, 3.63) is 70.8 Å². The second-order valence-electron chi connectivity index (χ2n) is 8.82. The van der Waals surface area contributed by atoms with E-state index in [0.29, 0.717) is 38.2 Å². The molecule has 7 nitrogen and oxygen atoms in total. The zero-order valence-electron chi connectivity index (χ0n) is 18.5. The van der Waals surface area contributed by atoms with E-state index in [4.69, 9.17) is 5.73 Å². The molecule has 2 fully saturated rings. The first-order chi connectivity index (χ1) is 15.4. The van der Waals surface area contributed by atoms with Crippen molar-refractivity contribution < 1.29 is 14.4 Å². The average molecular weight is 435 g/mol. The molecule has 0 bridgehead atoms. The molecule has 2 aliphatic heterocycles. The molecule has 32 heavy (non-hydrogen) atoms. The summed E-state index contributed by atoms with van der Waals surface area (Å²) in [5.41, 5.74) is 9.20. The lowest BCUT2D eigenvalue weighted by Gasteiger charge is -2.36. The third-order valence-electron chi connectivity index (χ3n) is 6.39. The van der Waals surface area contributed by atoms with Crippen LogP contribution in [0.15, 0.2) is 48.5 Å². The Morgan fingerprint density at radius 3 is 2.12 bits per heavy atom. The molecule has 7 heteroatoms. The van der Waals surface area contributed by atoms with E-state index in [9.17, 15) is 14.4 Å². The number of hydrogen-bond acceptors (Lipinski definition) is 4. The molecular weight excluding hydrogens is 404 g/mol. The Balaban J connectivity index is 1.26. The first-order valence-corrected chi connectivity index (χ1v) is 11.1. The Morgan fingerprint density at radius 1 is 0.906 bits per heavy atom. The Kier molecular flexibility index (Phi) is 6.55. The van der Waals surface area contributed by atoms with Gasteiger partial charge in [0.2, 0.25) is 17.7 Å². The Labute approximate surface area is 188 Å². The van der Waals surface area contributed by atoms with Gasteiger partial charge < -0.3 is 15.5 Å². The minimum Gasteiger partial charge on any atom is -0.366 e. The lowest BCUT2D eigenvalue weighted by Crippen LogP contribution is -2.50. The molecule has 1 unspecified atom stereocenters. The molecule has 2 aromatic rings. The van der Waals surface area contributed by atoms with Gasteiger partial charge in [-0.15, -0.1) is 0 Å². The Morgan fingerprint density at radius 2 is 1.50 bits per heavy atom. The van der Waals surface area contributed by atoms with Gasteiger partial charge in [0.25, 0.3) is 0 Å². The molecule has 1 atom stereocenters. The van der Waals surface area contributed by atoms with Crippen LogP contribution in [-0.2, 0) is 22.7 Å². The summed E-state index contributed by atoms with van der Waals surface area (Å²) < 4.78 is 0. The number of likely N-dealkylation sites (tertiary alicyclic amines) is 1. The maximum Gasteiger partial charge on any atom is 0.248 e. The first kappa shape index (κ1) is 22.0. The zero-order valence-corrected chi connectivity index (χ0v) is 18.5. The van der Waals surface area contributed by atoms with Crippen molar-refractivity contribution in [1.29, 1.82) is 0 Å². The number of piperazine rings is 1. The molecule has 2 saturated heterocycles. The number of amides is 3. The molecule has 0 spiro atoms. The van der Waals surface area contributed by atoms with Crippen LogP contribution in [0.4, 0.5) is 0 Å². The van der Waals surface area contributed by atoms with Crippen LogP contribution < -0.4 is 5.73 Å². The third kappa shape index (κ3) is 5.16. The van der Waals surface area contributed by atoms with Gasteiger partial charge in [-0.05, 0) is 30.2 Å². The van der Waals surface area contributed by atoms with Crippen LogP contribution in [0, 0.1) is 12.8 Å². The van der Waals surface area contributed by atoms with Crippen molar-refractivity contribution in [3.63, 3.8) is 0 Å². The van der Waals surface area contributed by atoms with E-state index in [1.807, 2.05) is 48.2 Å². The minimum absolute atomic E-state index is 0.0574. The molecule has 4 rings (SSSR count). The van der Waals surface area contributed by atoms with E-state index >= 15 is 0 Å². The summed E-state index contributed by atoms with van der Waals surface area (Å²) in [6, 6.07) is 15.5. The molecule has 2 heterocycles. The monoisotopic (exact) mass is 434 g/mol. The number of nitrogens with zero attached hydrogens (tertiary/aromatic N) is 3. The predicted octanol–water partition coefficient (Wildman–Crippen LogP) is 1.79. The lowest BCUT2D eigenvalue weighted by atomic mass is 10.1. The largest absolute Gasteiger partial charge is 0.366 e. The SMILES string of the molecule is Cc1ccc(CN2CC(C(=O)N3CCN(Cc4ccc(C(N)=O)cc4)CC3)CC2=O)cc1. The maximum absolute atomic E-state index is 13.0. The summed E-state index contributed by atoms with van der Waals surface area (Å²) in [6.45, 7) is 6.78. The van der Waals surface area contributed by atoms with E-state index < -0.39 is 5.91 Å². The lowest BCUT2D eigenvalue weighted by molar-refractivity contribution is -0.137. The number of hydrogen-bond donors (Lipinski definition) is 1. The summed E-state index contributed by atoms with van der Waals surface area (Å²) in [5.74, 6) is -0.524. The first-order valence-electron chi connectivity index (χ1n) is 11.1. The molecule has 2 aliphatic rings. The molecule has 2 N–H and O–H groups in total. The average Bonchev–Trinajstić information content (AvgIpc) is 3.16. The highest BCUT2D eigenvalue weighted by Gasteiger charge is 2.37. The van der Waals surface area contributed by atoms with Gasteiger partial charge in [0.1, 0.15) is 0 Å². The molecular formula is C25H30N4O3. The van der Waals surface area contributed by atoms with Gasteiger partial charge in [-0.2, -0.15) is 0 Å². The van der Waals surface area contributed by atoms with Gasteiger partial charge in [0, 0.05) is 57.8 Å². The van der Waals surface area contributed by atoms with Gasteiger partial charge in [-0.25, -0.2) is 0 Å². The fourth-order valence-corrected chi connectivity index (χ4v) is 4.42. The number of benzene rings is 2. The molecule has 168 valence electrons. The second-order valence-corrected chi connectivity index (χ2v) is 8.82. The van der Waals surface area contributed by atoms with Crippen molar-refractivity contribution in [1.82, 2.24) is 14.7 Å². The normalized spacial score (nSPS) is 19.4. The van der Waals surface area contributed by atoms with Crippen LogP contribution in [0.25, 0.3) is 0 Å². The van der Waals surface area contributed by atoms with Crippen LogP contribution in [0.3, 0.4) is 0 Å². The fraction of sp³-hybridized carbons (Fsp3) is 0.400. The van der Waals surface area contributed by atoms with Crippen molar-refractivity contribution >= 4 is 17.7 Å². The summed E-state index contributed by atoms with van der Waals surface area (Å²) in [6.07, 6.45) is 0.303. The van der Waals surface area contributed by atoms with E-state index in [1.54, 1.807) is 17.0 Å². The second kappa shape index (κ2) is 9.53. The highest BCUT2D eigenvalue weighted by atomic mass is 16.2. The summed E-state index contributed by atoms with van der Waals surface area (Å²) >= 11 is 0. The van der Waals surface area contributed by atoms with E-state index in [2.05, 4.69) is 4.90 Å². The zero-order chi connectivity index (χ0) is 22.7. The van der Waals surface area contributed by atoms with Crippen LogP contribution in [0.2, 0.25) is 0 Å². The quantitative estimate of drug-likeness (QED) is 0.751.